The first-order chi connectivity index (χ1) is 14.5. The zero-order valence-electron chi connectivity index (χ0n) is 17.5. The fraction of sp³-hybridized carbons (Fsp3) is 0.348. The molecule has 0 unspecified atom stereocenters. The van der Waals surface area contributed by atoms with E-state index in [1.165, 1.54) is 12.0 Å². The van der Waals surface area contributed by atoms with Crippen molar-refractivity contribution in [3.05, 3.63) is 59.7 Å². The van der Waals surface area contributed by atoms with Gasteiger partial charge in [0.2, 0.25) is 0 Å². The molecule has 6 nitrogen and oxygen atoms in total. The van der Waals surface area contributed by atoms with Crippen LogP contribution in [0.25, 0.3) is 0 Å². The third-order valence-electron chi connectivity index (χ3n) is 4.98. The van der Waals surface area contributed by atoms with Crippen molar-refractivity contribution in [1.82, 2.24) is 10.3 Å². The first-order valence-electron chi connectivity index (χ1n) is 10.2. The summed E-state index contributed by atoms with van der Waals surface area (Å²) >= 11 is 5.29. The molecule has 0 saturated carbocycles. The Labute approximate surface area is 183 Å². The summed E-state index contributed by atoms with van der Waals surface area (Å²) in [5.74, 6) is 0.719. The second-order valence-electron chi connectivity index (χ2n) is 7.38. The summed E-state index contributed by atoms with van der Waals surface area (Å²) in [5, 5.41) is 7.86. The molecule has 0 spiro atoms. The number of hydrogen-bond donors (Lipinski definition) is 2. The predicted octanol–water partition coefficient (Wildman–Crippen LogP) is 4.10. The Morgan fingerprint density at radius 3 is 2.40 bits per heavy atom. The number of thiocarbonyl (C=S) groups is 1. The molecule has 0 radical (unpaired) electrons. The molecule has 30 heavy (non-hydrogen) atoms. The largest absolute Gasteiger partial charge is 0.484 e. The molecular weight excluding hydrogens is 396 g/mol. The van der Waals surface area contributed by atoms with Crippen LogP contribution in [0.4, 0.5) is 5.69 Å². The van der Waals surface area contributed by atoms with Crippen LogP contribution in [0.15, 0.2) is 53.6 Å². The lowest BCUT2D eigenvalue weighted by Gasteiger charge is -2.26. The number of amides is 1. The van der Waals surface area contributed by atoms with Gasteiger partial charge in [0.25, 0.3) is 5.91 Å². The van der Waals surface area contributed by atoms with Gasteiger partial charge in [-0.2, -0.15) is 5.10 Å². The number of hydrogen-bond acceptors (Lipinski definition) is 4. The average Bonchev–Trinajstić information content (AvgIpc) is 2.78. The summed E-state index contributed by atoms with van der Waals surface area (Å²) in [6.07, 6.45) is 3.36. The number of ether oxygens (including phenoxy) is 1. The molecule has 0 aliphatic carbocycles. The summed E-state index contributed by atoms with van der Waals surface area (Å²) in [6, 6.07) is 15.5. The number of benzene rings is 2. The van der Waals surface area contributed by atoms with E-state index in [1.807, 2.05) is 67.3 Å². The third-order valence-corrected chi connectivity index (χ3v) is 5.17. The van der Waals surface area contributed by atoms with E-state index >= 15 is 0 Å². The zero-order chi connectivity index (χ0) is 21.3. The first-order valence-corrected chi connectivity index (χ1v) is 10.6. The molecule has 2 aromatic rings. The first kappa shape index (κ1) is 21.8. The van der Waals surface area contributed by atoms with E-state index in [4.69, 9.17) is 17.0 Å². The maximum Gasteiger partial charge on any atom is 0.260 e. The van der Waals surface area contributed by atoms with Gasteiger partial charge in [-0.3, -0.25) is 10.2 Å². The molecule has 1 heterocycles. The minimum absolute atomic E-state index is 0.0512. The van der Waals surface area contributed by atoms with Gasteiger partial charge in [-0.25, -0.2) is 0 Å². The lowest BCUT2D eigenvalue weighted by Crippen LogP contribution is -2.38. The highest BCUT2D eigenvalue weighted by molar-refractivity contribution is 7.80. The number of nitrogens with zero attached hydrogens (tertiary/aromatic N) is 2. The topological polar surface area (TPSA) is 66.0 Å². The molecule has 1 amide bonds. The number of aryl methyl sites for hydroxylation is 1. The minimum atomic E-state index is 0.0512. The molecule has 0 bridgehead atoms. The fourth-order valence-corrected chi connectivity index (χ4v) is 3.33. The van der Waals surface area contributed by atoms with Gasteiger partial charge in [0.05, 0.1) is 5.71 Å². The van der Waals surface area contributed by atoms with Gasteiger partial charge in [-0.15, -0.1) is 0 Å². The second-order valence-corrected chi connectivity index (χ2v) is 7.79. The highest BCUT2D eigenvalue weighted by Gasteiger charge is 2.16. The maximum atomic E-state index is 12.2. The molecule has 2 N–H and O–H groups in total. The van der Waals surface area contributed by atoms with E-state index in [1.54, 1.807) is 0 Å². The van der Waals surface area contributed by atoms with Crippen LogP contribution in [0.5, 0.6) is 5.75 Å². The van der Waals surface area contributed by atoms with E-state index in [9.17, 15) is 4.79 Å². The smallest absolute Gasteiger partial charge is 0.260 e. The zero-order valence-corrected chi connectivity index (χ0v) is 18.3. The predicted molar refractivity (Wildman–Crippen MR) is 125 cm³/mol. The number of carbonyl (C=O) groups excluding carboxylic acids is 1. The van der Waals surface area contributed by atoms with Crippen molar-refractivity contribution < 1.29 is 9.53 Å². The standard InChI is InChI=1S/C23H28N4O2S/c1-17-6-10-20(11-7-17)24-23(30)26-25-18(2)19-8-12-21(13-9-19)29-16-22(28)27-14-4-3-5-15-27/h6-13H,3-5,14-16H2,1-2H3,(H2,24,26,30)/b25-18-. The molecule has 0 aromatic heterocycles. The van der Waals surface area contributed by atoms with Gasteiger partial charge in [0.1, 0.15) is 5.75 Å². The van der Waals surface area contributed by atoms with Crippen molar-refractivity contribution in [2.75, 3.05) is 25.0 Å². The Morgan fingerprint density at radius 2 is 1.73 bits per heavy atom. The van der Waals surface area contributed by atoms with E-state index < -0.39 is 0 Å². The number of carbonyl (C=O) groups is 1. The molecule has 2 aromatic carbocycles. The minimum Gasteiger partial charge on any atom is -0.484 e. The van der Waals surface area contributed by atoms with Crippen molar-refractivity contribution in [3.63, 3.8) is 0 Å². The Hall–Kier alpha value is -2.93. The van der Waals surface area contributed by atoms with Crippen LogP contribution in [-0.4, -0.2) is 41.3 Å². The number of rotatable bonds is 6. The van der Waals surface area contributed by atoms with Crippen LogP contribution in [0.1, 0.15) is 37.3 Å². The molecule has 1 aliphatic rings. The van der Waals surface area contributed by atoms with Crippen LogP contribution in [-0.2, 0) is 4.79 Å². The monoisotopic (exact) mass is 424 g/mol. The molecule has 3 rings (SSSR count). The average molecular weight is 425 g/mol. The van der Waals surface area contributed by atoms with Gasteiger partial charge in [0, 0.05) is 18.8 Å². The van der Waals surface area contributed by atoms with Crippen LogP contribution in [0, 0.1) is 6.92 Å². The number of anilines is 1. The lowest BCUT2D eigenvalue weighted by atomic mass is 10.1. The normalized spacial score (nSPS) is 14.2. The van der Waals surface area contributed by atoms with Gasteiger partial charge in [-0.05, 0) is 87.3 Å². The highest BCUT2D eigenvalue weighted by atomic mass is 32.1. The van der Waals surface area contributed by atoms with Crippen LogP contribution in [0.2, 0.25) is 0 Å². The SMILES string of the molecule is C/C(=N/NC(=S)Nc1ccc(C)cc1)c1ccc(OCC(=O)N2CCCCC2)cc1. The quantitative estimate of drug-likeness (QED) is 0.415. The van der Waals surface area contributed by atoms with Crippen LogP contribution in [0.3, 0.4) is 0 Å². The molecule has 1 fully saturated rings. The maximum absolute atomic E-state index is 12.2. The second kappa shape index (κ2) is 10.7. The van der Waals surface area contributed by atoms with Crippen LogP contribution >= 0.6 is 12.2 Å². The van der Waals surface area contributed by atoms with Gasteiger partial charge in [0.15, 0.2) is 11.7 Å². The Morgan fingerprint density at radius 1 is 1.07 bits per heavy atom. The van der Waals surface area contributed by atoms with E-state index in [0.29, 0.717) is 10.9 Å². The van der Waals surface area contributed by atoms with E-state index in [-0.39, 0.29) is 12.5 Å². The Bertz CT molecular complexity index is 888. The summed E-state index contributed by atoms with van der Waals surface area (Å²) in [4.78, 5) is 14.1. The summed E-state index contributed by atoms with van der Waals surface area (Å²) in [6.45, 7) is 5.69. The van der Waals surface area contributed by atoms with Crippen molar-refractivity contribution in [2.24, 2.45) is 5.10 Å². The molecule has 1 aliphatic heterocycles. The van der Waals surface area contributed by atoms with Crippen LogP contribution < -0.4 is 15.5 Å². The molecule has 0 atom stereocenters. The van der Waals surface area contributed by atoms with Crippen molar-refractivity contribution >= 4 is 34.6 Å². The van der Waals surface area contributed by atoms with E-state index in [2.05, 4.69) is 15.8 Å². The Balaban J connectivity index is 1.47. The van der Waals surface area contributed by atoms with Crippen molar-refractivity contribution in [1.29, 1.82) is 0 Å². The fourth-order valence-electron chi connectivity index (χ4n) is 3.17. The molecule has 7 heteroatoms. The van der Waals surface area contributed by atoms with E-state index in [0.717, 1.165) is 42.9 Å². The molecule has 158 valence electrons. The van der Waals surface area contributed by atoms with Gasteiger partial charge >= 0.3 is 0 Å². The number of hydrazone groups is 1. The van der Waals surface area contributed by atoms with Gasteiger partial charge in [-0.1, -0.05) is 17.7 Å². The number of likely N-dealkylation sites (tertiary alicyclic amines) is 1. The summed E-state index contributed by atoms with van der Waals surface area (Å²) in [5.41, 5.74) is 6.69. The van der Waals surface area contributed by atoms with Gasteiger partial charge < -0.3 is 15.0 Å². The van der Waals surface area contributed by atoms with Crippen molar-refractivity contribution in [2.45, 2.75) is 33.1 Å². The summed E-state index contributed by atoms with van der Waals surface area (Å²) < 4.78 is 5.65. The lowest BCUT2D eigenvalue weighted by molar-refractivity contribution is -0.134. The Kier molecular flexibility index (Phi) is 7.79. The highest BCUT2D eigenvalue weighted by Crippen LogP contribution is 2.14. The van der Waals surface area contributed by atoms with Crippen molar-refractivity contribution in [3.8, 4) is 5.75 Å². The molecular formula is C23H28N4O2S. The number of piperidine rings is 1. The number of nitrogens with one attached hydrogen (secondary N) is 2. The third kappa shape index (κ3) is 6.56. The molecule has 1 saturated heterocycles. The summed E-state index contributed by atoms with van der Waals surface area (Å²) in [7, 11) is 0.